The van der Waals surface area contributed by atoms with E-state index in [1.165, 1.54) is 22.0 Å². The minimum atomic E-state index is 0. The summed E-state index contributed by atoms with van der Waals surface area (Å²) in [6.45, 7) is 6.30. The van der Waals surface area contributed by atoms with E-state index in [4.69, 9.17) is 19.2 Å². The molecule has 0 aliphatic heterocycles. The van der Waals surface area contributed by atoms with Gasteiger partial charge in [-0.05, 0) is 48.6 Å². The predicted molar refractivity (Wildman–Crippen MR) is 146 cm³/mol. The fourth-order valence-corrected chi connectivity index (χ4v) is 3.83. The van der Waals surface area contributed by atoms with Crippen molar-refractivity contribution in [2.75, 3.05) is 34.4 Å². The number of benzene rings is 2. The van der Waals surface area contributed by atoms with Crippen LogP contribution in [0.1, 0.15) is 30.5 Å². The first kappa shape index (κ1) is 26.6. The van der Waals surface area contributed by atoms with Crippen molar-refractivity contribution in [3.05, 3.63) is 53.2 Å². The maximum atomic E-state index is 5.44. The summed E-state index contributed by atoms with van der Waals surface area (Å²) in [5.74, 6) is 2.61. The maximum Gasteiger partial charge on any atom is 0.203 e. The van der Waals surface area contributed by atoms with Crippen LogP contribution in [0.15, 0.2) is 41.5 Å². The minimum absolute atomic E-state index is 0. The van der Waals surface area contributed by atoms with Gasteiger partial charge in [-0.25, -0.2) is 4.99 Å². The zero-order valence-electron chi connectivity index (χ0n) is 20.1. The fourth-order valence-electron chi connectivity index (χ4n) is 3.83. The first-order valence-electron chi connectivity index (χ1n) is 11.0. The van der Waals surface area contributed by atoms with E-state index < -0.39 is 0 Å². The third-order valence-electron chi connectivity index (χ3n) is 5.44. The second kappa shape index (κ2) is 13.2. The Bertz CT molecular complexity index is 1040. The number of aromatic amines is 1. The highest BCUT2D eigenvalue weighted by Crippen LogP contribution is 2.38. The standard InChI is InChI=1S/C25H34N4O3.HI/c1-6-18-9-8-10-20-19(16-28-23(18)20)11-12-27-25(26-7-2)29-15-17-13-21(30-3)24(32-5)22(14-17)31-4;/h8-10,13-14,16,28H,6-7,11-12,15H2,1-5H3,(H2,26,27,29);1H. The van der Waals surface area contributed by atoms with Crippen LogP contribution < -0.4 is 24.8 Å². The molecule has 3 rings (SSSR count). The van der Waals surface area contributed by atoms with E-state index in [-0.39, 0.29) is 24.0 Å². The molecule has 0 bridgehead atoms. The number of hydrogen-bond donors (Lipinski definition) is 3. The summed E-state index contributed by atoms with van der Waals surface area (Å²) in [6, 6.07) is 10.3. The van der Waals surface area contributed by atoms with E-state index in [1.807, 2.05) is 12.1 Å². The monoisotopic (exact) mass is 566 g/mol. The molecule has 0 saturated heterocycles. The molecule has 2 aromatic carbocycles. The van der Waals surface area contributed by atoms with E-state index in [0.717, 1.165) is 37.5 Å². The summed E-state index contributed by atoms with van der Waals surface area (Å²) in [4.78, 5) is 8.17. The Labute approximate surface area is 213 Å². The third kappa shape index (κ3) is 6.46. The number of aromatic nitrogens is 1. The molecule has 0 atom stereocenters. The van der Waals surface area contributed by atoms with Gasteiger partial charge in [0.25, 0.3) is 0 Å². The molecule has 0 spiro atoms. The molecule has 0 amide bonds. The summed E-state index contributed by atoms with van der Waals surface area (Å²) >= 11 is 0. The molecular weight excluding hydrogens is 531 g/mol. The van der Waals surface area contributed by atoms with Gasteiger partial charge in [0, 0.05) is 30.2 Å². The average molecular weight is 566 g/mol. The zero-order valence-corrected chi connectivity index (χ0v) is 22.4. The number of rotatable bonds is 10. The molecule has 0 aliphatic rings. The maximum absolute atomic E-state index is 5.44. The van der Waals surface area contributed by atoms with Crippen molar-refractivity contribution in [3.63, 3.8) is 0 Å². The molecule has 7 nitrogen and oxygen atoms in total. The molecule has 0 unspecified atom stereocenters. The molecule has 180 valence electrons. The van der Waals surface area contributed by atoms with Crippen molar-refractivity contribution in [3.8, 4) is 17.2 Å². The third-order valence-corrected chi connectivity index (χ3v) is 5.44. The summed E-state index contributed by atoms with van der Waals surface area (Å²) in [5, 5.41) is 8.05. The van der Waals surface area contributed by atoms with E-state index in [0.29, 0.717) is 23.8 Å². The molecule has 33 heavy (non-hydrogen) atoms. The Hall–Kier alpha value is -2.62. The van der Waals surface area contributed by atoms with E-state index >= 15 is 0 Å². The Kier molecular flexibility index (Phi) is 10.6. The number of ether oxygens (including phenoxy) is 3. The lowest BCUT2D eigenvalue weighted by atomic mass is 10.1. The number of guanidine groups is 1. The highest BCUT2D eigenvalue weighted by atomic mass is 127. The van der Waals surface area contributed by atoms with Crippen molar-refractivity contribution in [1.29, 1.82) is 0 Å². The number of para-hydroxylation sites is 1. The number of hydrogen-bond acceptors (Lipinski definition) is 4. The van der Waals surface area contributed by atoms with Crippen LogP contribution in [0.4, 0.5) is 0 Å². The molecule has 0 fully saturated rings. The molecule has 8 heteroatoms. The quantitative estimate of drug-likeness (QED) is 0.189. The topological polar surface area (TPSA) is 79.9 Å². The first-order valence-corrected chi connectivity index (χ1v) is 11.0. The molecule has 3 aromatic rings. The van der Waals surface area contributed by atoms with Crippen LogP contribution in [0.2, 0.25) is 0 Å². The van der Waals surface area contributed by atoms with Crippen LogP contribution in [0.5, 0.6) is 17.2 Å². The number of methoxy groups -OCH3 is 3. The van der Waals surface area contributed by atoms with Crippen molar-refractivity contribution < 1.29 is 14.2 Å². The minimum Gasteiger partial charge on any atom is -0.493 e. The predicted octanol–water partition coefficient (Wildman–Crippen LogP) is 4.67. The lowest BCUT2D eigenvalue weighted by Crippen LogP contribution is -2.38. The van der Waals surface area contributed by atoms with Crippen LogP contribution in [0, 0.1) is 0 Å². The van der Waals surface area contributed by atoms with Gasteiger partial charge in [0.1, 0.15) is 0 Å². The Morgan fingerprint density at radius 3 is 2.30 bits per heavy atom. The highest BCUT2D eigenvalue weighted by Gasteiger charge is 2.13. The van der Waals surface area contributed by atoms with Crippen molar-refractivity contribution in [2.45, 2.75) is 33.2 Å². The largest absolute Gasteiger partial charge is 0.493 e. The number of H-pyrrole nitrogens is 1. The lowest BCUT2D eigenvalue weighted by Gasteiger charge is -2.14. The summed E-state index contributed by atoms with van der Waals surface area (Å²) < 4.78 is 16.3. The van der Waals surface area contributed by atoms with Gasteiger partial charge in [0.2, 0.25) is 5.75 Å². The van der Waals surface area contributed by atoms with E-state index in [1.54, 1.807) is 21.3 Å². The fraction of sp³-hybridized carbons (Fsp3) is 0.400. The van der Waals surface area contributed by atoms with Gasteiger partial charge in [-0.2, -0.15) is 0 Å². The first-order chi connectivity index (χ1) is 15.6. The van der Waals surface area contributed by atoms with E-state index in [9.17, 15) is 0 Å². The number of aryl methyl sites for hydroxylation is 1. The van der Waals surface area contributed by atoms with Crippen LogP contribution in [-0.2, 0) is 19.4 Å². The molecule has 1 heterocycles. The SMILES string of the molecule is CCNC(=NCc1cc(OC)c(OC)c(OC)c1)NCCc1c[nH]c2c(CC)cccc12.I. The summed E-state index contributed by atoms with van der Waals surface area (Å²) in [6.07, 6.45) is 4.04. The van der Waals surface area contributed by atoms with Gasteiger partial charge in [0.15, 0.2) is 17.5 Å². The molecular formula is C25H35IN4O3. The molecule has 3 N–H and O–H groups in total. The van der Waals surface area contributed by atoms with Crippen molar-refractivity contribution in [1.82, 2.24) is 15.6 Å². The van der Waals surface area contributed by atoms with Gasteiger partial charge in [-0.15, -0.1) is 24.0 Å². The van der Waals surface area contributed by atoms with Gasteiger partial charge in [0.05, 0.1) is 27.9 Å². The zero-order chi connectivity index (χ0) is 22.9. The molecule has 0 radical (unpaired) electrons. The van der Waals surface area contributed by atoms with Crippen LogP contribution in [-0.4, -0.2) is 45.4 Å². The van der Waals surface area contributed by atoms with Gasteiger partial charge in [-0.1, -0.05) is 25.1 Å². The smallest absolute Gasteiger partial charge is 0.203 e. The van der Waals surface area contributed by atoms with Crippen LogP contribution in [0.25, 0.3) is 10.9 Å². The Morgan fingerprint density at radius 1 is 0.970 bits per heavy atom. The number of aliphatic imine (C=N–C) groups is 1. The summed E-state index contributed by atoms with van der Waals surface area (Å²) in [7, 11) is 4.83. The second-order valence-electron chi connectivity index (χ2n) is 7.41. The van der Waals surface area contributed by atoms with Gasteiger partial charge < -0.3 is 29.8 Å². The van der Waals surface area contributed by atoms with Crippen molar-refractivity contribution in [2.24, 2.45) is 4.99 Å². The second-order valence-corrected chi connectivity index (χ2v) is 7.41. The van der Waals surface area contributed by atoms with Crippen LogP contribution >= 0.6 is 24.0 Å². The number of fused-ring (bicyclic) bond motifs is 1. The van der Waals surface area contributed by atoms with Gasteiger partial charge >= 0.3 is 0 Å². The van der Waals surface area contributed by atoms with Crippen molar-refractivity contribution >= 4 is 40.8 Å². The number of nitrogens with zero attached hydrogens (tertiary/aromatic N) is 1. The molecule has 1 aromatic heterocycles. The average Bonchev–Trinajstić information content (AvgIpc) is 3.24. The number of nitrogens with one attached hydrogen (secondary N) is 3. The van der Waals surface area contributed by atoms with Crippen LogP contribution in [0.3, 0.4) is 0 Å². The molecule has 0 saturated carbocycles. The Morgan fingerprint density at radius 2 is 1.70 bits per heavy atom. The normalized spacial score (nSPS) is 11.1. The van der Waals surface area contributed by atoms with E-state index in [2.05, 4.69) is 53.9 Å². The Balaban J connectivity index is 0.00000385. The highest BCUT2D eigenvalue weighted by molar-refractivity contribution is 14.0. The summed E-state index contributed by atoms with van der Waals surface area (Å²) in [5.41, 5.74) is 4.87. The van der Waals surface area contributed by atoms with Gasteiger partial charge in [-0.3, -0.25) is 0 Å². The number of halogens is 1. The molecule has 0 aliphatic carbocycles. The lowest BCUT2D eigenvalue weighted by molar-refractivity contribution is 0.324.